The molecular formula is C28H35Br2N5O7. The number of hydrogen-bond acceptors (Lipinski definition) is 7. The van der Waals surface area contributed by atoms with Gasteiger partial charge in [-0.1, -0.05) is 44.2 Å². The highest BCUT2D eigenvalue weighted by atomic mass is 79.9. The molecule has 0 aliphatic heterocycles. The molecule has 0 spiro atoms. The predicted molar refractivity (Wildman–Crippen MR) is 162 cm³/mol. The number of aliphatic carboxylic acids is 1. The lowest BCUT2D eigenvalue weighted by Crippen LogP contribution is -2.54. The number of halogens is 2. The molecule has 0 aromatic heterocycles. The molecule has 14 heteroatoms. The molecule has 3 atom stereocenters. The largest absolute Gasteiger partial charge is 0.506 e. The van der Waals surface area contributed by atoms with Gasteiger partial charge in [0.05, 0.1) is 28.1 Å². The maximum atomic E-state index is 13.0. The summed E-state index contributed by atoms with van der Waals surface area (Å²) in [5.74, 6) is -3.76. The Kier molecular flexibility index (Phi) is 13.9. The summed E-state index contributed by atoms with van der Waals surface area (Å²) in [7, 11) is 0. The molecule has 0 heterocycles. The van der Waals surface area contributed by atoms with Crippen molar-refractivity contribution in [1.82, 2.24) is 21.3 Å². The number of nitrogens with one attached hydrogen (secondary N) is 4. The fourth-order valence-electron chi connectivity index (χ4n) is 3.89. The Morgan fingerprint density at radius 2 is 1.40 bits per heavy atom. The van der Waals surface area contributed by atoms with E-state index in [0.717, 1.165) is 5.56 Å². The molecule has 0 radical (unpaired) electrons. The number of rotatable bonds is 15. The first-order chi connectivity index (χ1) is 19.8. The molecule has 2 aromatic carbocycles. The van der Waals surface area contributed by atoms with Crippen LogP contribution in [-0.4, -0.2) is 71.0 Å². The van der Waals surface area contributed by atoms with E-state index in [1.165, 1.54) is 0 Å². The Hall–Kier alpha value is -3.49. The Morgan fingerprint density at radius 3 is 1.98 bits per heavy atom. The van der Waals surface area contributed by atoms with Crippen LogP contribution in [0.4, 0.5) is 0 Å². The number of phenolic OH excluding ortho intramolecular Hbond substituents is 1. The van der Waals surface area contributed by atoms with Gasteiger partial charge < -0.3 is 37.2 Å². The zero-order valence-corrected chi connectivity index (χ0v) is 26.3. The third-order valence-electron chi connectivity index (χ3n) is 5.99. The molecule has 8 N–H and O–H groups in total. The van der Waals surface area contributed by atoms with Crippen LogP contribution < -0.4 is 27.0 Å². The standard InChI is InChI=1S/C28H35Br2N5O7/c1-15(2)8-22(28(41)42)35-27(40)21(12-16-6-4-3-5-7-16)34-24(37)14-32-23(36)13-33-26(39)20(31)11-17-9-18(29)25(38)19(30)10-17/h3-7,9-10,15,20-22,38H,8,11-14,31H2,1-2H3,(H,32,36)(H,33,39)(H,34,37)(H,35,40)(H,41,42)/t20-,21-,22-/m0/s1. The zero-order chi connectivity index (χ0) is 31.4. The number of benzene rings is 2. The van der Waals surface area contributed by atoms with E-state index in [4.69, 9.17) is 5.73 Å². The molecule has 4 amide bonds. The monoisotopic (exact) mass is 711 g/mol. The van der Waals surface area contributed by atoms with Gasteiger partial charge in [-0.3, -0.25) is 19.2 Å². The van der Waals surface area contributed by atoms with Crippen LogP contribution in [0.25, 0.3) is 0 Å². The van der Waals surface area contributed by atoms with Crippen molar-refractivity contribution < 1.29 is 34.2 Å². The fraction of sp³-hybridized carbons (Fsp3) is 0.393. The summed E-state index contributed by atoms with van der Waals surface area (Å²) in [5, 5.41) is 29.1. The van der Waals surface area contributed by atoms with E-state index >= 15 is 0 Å². The average molecular weight is 713 g/mol. The summed E-state index contributed by atoms with van der Waals surface area (Å²) < 4.78 is 0.857. The summed E-state index contributed by atoms with van der Waals surface area (Å²) in [6, 6.07) is 8.92. The van der Waals surface area contributed by atoms with Gasteiger partial charge in [0, 0.05) is 6.42 Å². The highest BCUT2D eigenvalue weighted by Gasteiger charge is 2.27. The predicted octanol–water partition coefficient (Wildman–Crippen LogP) is 1.36. The average Bonchev–Trinajstić information content (AvgIpc) is 2.92. The number of carbonyl (C=O) groups excluding carboxylic acids is 4. The van der Waals surface area contributed by atoms with Crippen molar-refractivity contribution in [1.29, 1.82) is 0 Å². The minimum atomic E-state index is -1.18. The van der Waals surface area contributed by atoms with Crippen LogP contribution >= 0.6 is 31.9 Å². The second kappa shape index (κ2) is 16.8. The van der Waals surface area contributed by atoms with Crippen LogP contribution in [0.1, 0.15) is 31.4 Å². The lowest BCUT2D eigenvalue weighted by atomic mass is 10.0. The van der Waals surface area contributed by atoms with Crippen molar-refractivity contribution in [2.75, 3.05) is 13.1 Å². The maximum Gasteiger partial charge on any atom is 0.326 e. The van der Waals surface area contributed by atoms with Crippen LogP contribution in [0.5, 0.6) is 5.75 Å². The number of carboxylic acids is 1. The molecule has 228 valence electrons. The summed E-state index contributed by atoms with van der Waals surface area (Å²) in [5.41, 5.74) is 7.36. The number of amides is 4. The highest BCUT2D eigenvalue weighted by Crippen LogP contribution is 2.33. The third-order valence-corrected chi connectivity index (χ3v) is 7.20. The van der Waals surface area contributed by atoms with Crippen LogP contribution in [0, 0.1) is 5.92 Å². The Balaban J connectivity index is 1.90. The minimum absolute atomic E-state index is 0.0102. The number of aromatic hydroxyl groups is 1. The van der Waals surface area contributed by atoms with Gasteiger partial charge in [-0.05, 0) is 73.9 Å². The van der Waals surface area contributed by atoms with Gasteiger partial charge in [0.25, 0.3) is 0 Å². The fourth-order valence-corrected chi connectivity index (χ4v) is 5.17. The molecule has 42 heavy (non-hydrogen) atoms. The summed E-state index contributed by atoms with van der Waals surface area (Å²) >= 11 is 6.43. The van der Waals surface area contributed by atoms with Gasteiger partial charge in [-0.25, -0.2) is 4.79 Å². The van der Waals surface area contributed by atoms with E-state index in [9.17, 15) is 34.2 Å². The summed E-state index contributed by atoms with van der Waals surface area (Å²) in [4.78, 5) is 61.9. The number of carbonyl (C=O) groups is 5. The van der Waals surface area contributed by atoms with E-state index in [1.807, 2.05) is 13.8 Å². The van der Waals surface area contributed by atoms with Gasteiger partial charge in [-0.15, -0.1) is 0 Å². The number of carboxylic acid groups (broad SMARTS) is 1. The van der Waals surface area contributed by atoms with Gasteiger partial charge in [0.1, 0.15) is 17.8 Å². The first-order valence-electron chi connectivity index (χ1n) is 13.1. The van der Waals surface area contributed by atoms with Gasteiger partial charge >= 0.3 is 5.97 Å². The molecule has 0 saturated carbocycles. The molecule has 2 aromatic rings. The lowest BCUT2D eigenvalue weighted by Gasteiger charge is -2.22. The van der Waals surface area contributed by atoms with E-state index < -0.39 is 60.8 Å². The Morgan fingerprint density at radius 1 is 0.810 bits per heavy atom. The van der Waals surface area contributed by atoms with E-state index in [1.54, 1.807) is 42.5 Å². The van der Waals surface area contributed by atoms with Crippen molar-refractivity contribution in [3.8, 4) is 5.75 Å². The molecule has 0 aliphatic rings. The molecule has 0 fully saturated rings. The topological polar surface area (TPSA) is 200 Å². The van der Waals surface area contributed by atoms with E-state index in [-0.39, 0.29) is 30.9 Å². The minimum Gasteiger partial charge on any atom is -0.506 e. The quantitative estimate of drug-likeness (QED) is 0.144. The maximum absolute atomic E-state index is 13.0. The van der Waals surface area contributed by atoms with Crippen LogP contribution in [0.15, 0.2) is 51.4 Å². The number of nitrogens with two attached hydrogens (primary N) is 1. The molecular weight excluding hydrogens is 678 g/mol. The molecule has 0 saturated heterocycles. The van der Waals surface area contributed by atoms with Crippen LogP contribution in [0.2, 0.25) is 0 Å². The first kappa shape index (κ1) is 34.7. The van der Waals surface area contributed by atoms with Crippen molar-refractivity contribution >= 4 is 61.5 Å². The smallest absolute Gasteiger partial charge is 0.326 e. The Bertz CT molecular complexity index is 1250. The SMILES string of the molecule is CC(C)C[C@H](NC(=O)[C@H](Cc1ccccc1)NC(=O)CNC(=O)CNC(=O)[C@@H](N)Cc1cc(Br)c(O)c(Br)c1)C(=O)O. The van der Waals surface area contributed by atoms with Crippen LogP contribution in [0.3, 0.4) is 0 Å². The van der Waals surface area contributed by atoms with Crippen molar-refractivity contribution in [2.24, 2.45) is 11.7 Å². The van der Waals surface area contributed by atoms with Crippen LogP contribution in [-0.2, 0) is 36.8 Å². The number of phenols is 1. The zero-order valence-electron chi connectivity index (χ0n) is 23.2. The molecule has 2 rings (SSSR count). The molecule has 0 unspecified atom stereocenters. The summed E-state index contributed by atoms with van der Waals surface area (Å²) in [6.45, 7) is 2.74. The summed E-state index contributed by atoms with van der Waals surface area (Å²) in [6.07, 6.45) is 0.448. The third kappa shape index (κ3) is 11.8. The molecule has 12 nitrogen and oxygen atoms in total. The first-order valence-corrected chi connectivity index (χ1v) is 14.7. The van der Waals surface area contributed by atoms with Crippen molar-refractivity contribution in [3.05, 3.63) is 62.5 Å². The van der Waals surface area contributed by atoms with E-state index in [0.29, 0.717) is 14.5 Å². The second-order valence-electron chi connectivity index (χ2n) is 10.1. The normalized spacial score (nSPS) is 13.0. The van der Waals surface area contributed by atoms with Crippen molar-refractivity contribution in [3.63, 3.8) is 0 Å². The Labute approximate surface area is 260 Å². The van der Waals surface area contributed by atoms with Gasteiger partial charge in [0.2, 0.25) is 23.6 Å². The molecule has 0 aliphatic carbocycles. The lowest BCUT2D eigenvalue weighted by molar-refractivity contribution is -0.142. The van der Waals surface area contributed by atoms with E-state index in [2.05, 4.69) is 53.1 Å². The molecule has 0 bridgehead atoms. The van der Waals surface area contributed by atoms with Gasteiger partial charge in [0.15, 0.2) is 0 Å². The number of hydrogen-bond donors (Lipinski definition) is 7. The van der Waals surface area contributed by atoms with Gasteiger partial charge in [-0.2, -0.15) is 0 Å². The highest BCUT2D eigenvalue weighted by molar-refractivity contribution is 9.11. The second-order valence-corrected chi connectivity index (χ2v) is 11.8. The van der Waals surface area contributed by atoms with Crippen molar-refractivity contribution in [2.45, 2.75) is 51.2 Å².